The van der Waals surface area contributed by atoms with Crippen molar-refractivity contribution in [1.29, 1.82) is 0 Å². The standard InChI is InChI=1S/C4H13N2P/c1-6-4(3-5)7-2/h4,6-7H,3,5H2,1-2H3. The lowest BCUT2D eigenvalue weighted by Gasteiger charge is -2.08. The van der Waals surface area contributed by atoms with Crippen LogP contribution in [-0.2, 0) is 0 Å². The molecule has 3 heteroatoms. The number of likely N-dealkylation sites (N-methyl/N-ethyl adjacent to an activating group) is 1. The van der Waals surface area contributed by atoms with Gasteiger partial charge in [-0.25, -0.2) is 0 Å². The lowest BCUT2D eigenvalue weighted by atomic mass is 10.6. The molecule has 0 aromatic carbocycles. The molecule has 0 rings (SSSR count). The molecular formula is C4H13N2P. The van der Waals surface area contributed by atoms with E-state index in [0.29, 0.717) is 5.78 Å². The Morgan fingerprint density at radius 3 is 2.43 bits per heavy atom. The second kappa shape index (κ2) is 4.51. The molecule has 0 saturated heterocycles. The van der Waals surface area contributed by atoms with Crippen LogP contribution in [0.3, 0.4) is 0 Å². The Morgan fingerprint density at radius 1 is 1.86 bits per heavy atom. The topological polar surface area (TPSA) is 38.0 Å². The van der Waals surface area contributed by atoms with E-state index in [9.17, 15) is 0 Å². The molecule has 0 aromatic heterocycles. The van der Waals surface area contributed by atoms with Gasteiger partial charge in [0.1, 0.15) is 0 Å². The van der Waals surface area contributed by atoms with Crippen molar-refractivity contribution in [3.63, 3.8) is 0 Å². The van der Waals surface area contributed by atoms with Crippen LogP contribution in [0.25, 0.3) is 0 Å². The summed E-state index contributed by atoms with van der Waals surface area (Å²) in [5.74, 6) is 0.542. The molecule has 0 aliphatic heterocycles. The van der Waals surface area contributed by atoms with Gasteiger partial charge in [-0.1, -0.05) is 0 Å². The molecule has 7 heavy (non-hydrogen) atoms. The maximum Gasteiger partial charge on any atom is 0.0357 e. The van der Waals surface area contributed by atoms with E-state index in [1.54, 1.807) is 0 Å². The highest BCUT2D eigenvalue weighted by atomic mass is 31.1. The Hall–Kier alpha value is 0.350. The summed E-state index contributed by atoms with van der Waals surface area (Å²) in [5.41, 5.74) is 5.34. The summed E-state index contributed by atoms with van der Waals surface area (Å²) in [5, 5.41) is 3.09. The van der Waals surface area contributed by atoms with Crippen molar-refractivity contribution >= 4 is 8.58 Å². The van der Waals surface area contributed by atoms with Gasteiger partial charge in [0, 0.05) is 12.3 Å². The Bertz CT molecular complexity index is 31.2. The van der Waals surface area contributed by atoms with Crippen molar-refractivity contribution in [3.8, 4) is 0 Å². The zero-order valence-corrected chi connectivity index (χ0v) is 5.86. The number of nitrogens with two attached hydrogens (primary N) is 1. The van der Waals surface area contributed by atoms with Gasteiger partial charge in [-0.3, -0.25) is 0 Å². The van der Waals surface area contributed by atoms with E-state index in [1.807, 2.05) is 7.05 Å². The molecule has 2 unspecified atom stereocenters. The first kappa shape index (κ1) is 7.35. The molecule has 3 N–H and O–H groups in total. The quantitative estimate of drug-likeness (QED) is 0.506. The third-order valence-electron chi connectivity index (χ3n) is 0.933. The number of hydrogen-bond acceptors (Lipinski definition) is 2. The zero-order chi connectivity index (χ0) is 5.70. The smallest absolute Gasteiger partial charge is 0.0357 e. The largest absolute Gasteiger partial charge is 0.329 e. The fourth-order valence-corrected chi connectivity index (χ4v) is 0.904. The average Bonchev–Trinajstić information content (AvgIpc) is 1.72. The first-order chi connectivity index (χ1) is 3.35. The molecule has 0 radical (unpaired) electrons. The summed E-state index contributed by atoms with van der Waals surface area (Å²) in [6, 6.07) is 0. The third kappa shape index (κ3) is 2.98. The Morgan fingerprint density at radius 2 is 2.43 bits per heavy atom. The summed E-state index contributed by atoms with van der Waals surface area (Å²) >= 11 is 0. The predicted octanol–water partition coefficient (Wildman–Crippen LogP) is -0.201. The second-order valence-electron chi connectivity index (χ2n) is 1.37. The van der Waals surface area contributed by atoms with E-state index < -0.39 is 0 Å². The SMILES string of the molecule is CNC(CN)PC. The van der Waals surface area contributed by atoms with Crippen LogP contribution in [0.4, 0.5) is 0 Å². The highest BCUT2D eigenvalue weighted by Crippen LogP contribution is 2.06. The molecule has 0 amide bonds. The van der Waals surface area contributed by atoms with Gasteiger partial charge >= 0.3 is 0 Å². The first-order valence-corrected chi connectivity index (χ1v) is 3.97. The summed E-state index contributed by atoms with van der Waals surface area (Å²) in [7, 11) is 2.85. The van der Waals surface area contributed by atoms with Crippen molar-refractivity contribution < 1.29 is 0 Å². The van der Waals surface area contributed by atoms with Crippen LogP contribution in [0.15, 0.2) is 0 Å². The van der Waals surface area contributed by atoms with Gasteiger partial charge in [-0.15, -0.1) is 8.58 Å². The van der Waals surface area contributed by atoms with Crippen molar-refractivity contribution in [3.05, 3.63) is 0 Å². The maximum atomic E-state index is 5.34. The first-order valence-electron chi connectivity index (χ1n) is 2.39. The molecule has 0 heterocycles. The van der Waals surface area contributed by atoms with Crippen LogP contribution in [0.5, 0.6) is 0 Å². The number of rotatable bonds is 3. The molecule has 2 atom stereocenters. The summed E-state index contributed by atoms with van der Waals surface area (Å²) in [6.45, 7) is 2.90. The molecule has 0 spiro atoms. The maximum absolute atomic E-state index is 5.34. The van der Waals surface area contributed by atoms with Gasteiger partial charge in [0.2, 0.25) is 0 Å². The Kier molecular flexibility index (Phi) is 4.73. The van der Waals surface area contributed by atoms with Crippen LogP contribution in [-0.4, -0.2) is 26.0 Å². The molecule has 0 saturated carbocycles. The monoisotopic (exact) mass is 120 g/mol. The van der Waals surface area contributed by atoms with E-state index in [2.05, 4.69) is 12.0 Å². The van der Waals surface area contributed by atoms with Gasteiger partial charge in [-0.2, -0.15) is 0 Å². The Balaban J connectivity index is 2.99. The van der Waals surface area contributed by atoms with Crippen molar-refractivity contribution in [1.82, 2.24) is 5.32 Å². The summed E-state index contributed by atoms with van der Waals surface area (Å²) < 4.78 is 0. The van der Waals surface area contributed by atoms with E-state index in [4.69, 9.17) is 5.73 Å². The van der Waals surface area contributed by atoms with Crippen LogP contribution in [0, 0.1) is 0 Å². The van der Waals surface area contributed by atoms with E-state index in [1.165, 1.54) is 0 Å². The van der Waals surface area contributed by atoms with Gasteiger partial charge < -0.3 is 11.1 Å². The highest BCUT2D eigenvalue weighted by Gasteiger charge is 1.94. The minimum atomic E-state index is 0.542. The normalized spacial score (nSPS) is 15.9. The molecule has 44 valence electrons. The summed E-state index contributed by atoms with van der Waals surface area (Å²) in [6.07, 6.45) is 0. The fraction of sp³-hybridized carbons (Fsp3) is 1.00. The minimum absolute atomic E-state index is 0.542. The van der Waals surface area contributed by atoms with E-state index in [0.717, 1.165) is 15.1 Å². The lowest BCUT2D eigenvalue weighted by Crippen LogP contribution is -2.28. The number of hydrogen-bond donors (Lipinski definition) is 2. The highest BCUT2D eigenvalue weighted by molar-refractivity contribution is 7.37. The van der Waals surface area contributed by atoms with Gasteiger partial charge in [0.05, 0.1) is 0 Å². The van der Waals surface area contributed by atoms with Crippen LogP contribution in [0.1, 0.15) is 0 Å². The van der Waals surface area contributed by atoms with Gasteiger partial charge in [0.15, 0.2) is 0 Å². The van der Waals surface area contributed by atoms with Crippen LogP contribution < -0.4 is 11.1 Å². The van der Waals surface area contributed by atoms with Gasteiger partial charge in [0.25, 0.3) is 0 Å². The molecule has 0 fully saturated rings. The molecule has 0 aliphatic carbocycles. The fourth-order valence-electron chi connectivity index (χ4n) is 0.380. The minimum Gasteiger partial charge on any atom is -0.329 e. The molecule has 0 aliphatic rings. The lowest BCUT2D eigenvalue weighted by molar-refractivity contribution is 0.744. The molecule has 0 aromatic rings. The van der Waals surface area contributed by atoms with Crippen LogP contribution in [0.2, 0.25) is 0 Å². The van der Waals surface area contributed by atoms with E-state index in [-0.39, 0.29) is 0 Å². The van der Waals surface area contributed by atoms with Crippen LogP contribution >= 0.6 is 8.58 Å². The average molecular weight is 120 g/mol. The Labute approximate surface area is 46.6 Å². The molecule has 0 bridgehead atoms. The number of nitrogens with one attached hydrogen (secondary N) is 1. The zero-order valence-electron chi connectivity index (χ0n) is 4.86. The second-order valence-corrected chi connectivity index (χ2v) is 2.64. The molecular weight excluding hydrogens is 107 g/mol. The predicted molar refractivity (Wildman–Crippen MR) is 36.1 cm³/mol. The van der Waals surface area contributed by atoms with Gasteiger partial charge in [-0.05, 0) is 13.7 Å². The third-order valence-corrected chi connectivity index (χ3v) is 2.15. The van der Waals surface area contributed by atoms with Crippen molar-refractivity contribution in [2.24, 2.45) is 5.73 Å². The van der Waals surface area contributed by atoms with Crippen molar-refractivity contribution in [2.75, 3.05) is 20.3 Å². The van der Waals surface area contributed by atoms with E-state index >= 15 is 0 Å². The summed E-state index contributed by atoms with van der Waals surface area (Å²) in [4.78, 5) is 0. The van der Waals surface area contributed by atoms with Crippen molar-refractivity contribution in [2.45, 2.75) is 5.78 Å². The molecule has 2 nitrogen and oxygen atoms in total.